The number of thioether (sulfide) groups is 1. The lowest BCUT2D eigenvalue weighted by molar-refractivity contribution is -0.113. The fourth-order valence-electron chi connectivity index (χ4n) is 2.88. The van der Waals surface area contributed by atoms with E-state index in [1.54, 1.807) is 42.7 Å². The fraction of sp³-hybridized carbons (Fsp3) is 0.368. The molecule has 0 aliphatic carbocycles. The molecule has 0 unspecified atom stereocenters. The lowest BCUT2D eigenvalue weighted by Crippen LogP contribution is -2.30. The van der Waals surface area contributed by atoms with E-state index >= 15 is 0 Å². The second-order valence-corrected chi connectivity index (χ2v) is 10.2. The average molecular weight is 498 g/mol. The zero-order valence-corrected chi connectivity index (χ0v) is 20.2. The van der Waals surface area contributed by atoms with Gasteiger partial charge in [-0.05, 0) is 30.5 Å². The van der Waals surface area contributed by atoms with E-state index in [-0.39, 0.29) is 23.2 Å². The van der Waals surface area contributed by atoms with Gasteiger partial charge in [0.05, 0.1) is 22.8 Å². The van der Waals surface area contributed by atoms with E-state index in [0.717, 1.165) is 11.8 Å². The van der Waals surface area contributed by atoms with Gasteiger partial charge in [-0.3, -0.25) is 9.20 Å². The van der Waals surface area contributed by atoms with E-state index < -0.39 is 16.0 Å². The molecule has 0 spiro atoms. The zero-order valence-electron chi connectivity index (χ0n) is 17.8. The van der Waals surface area contributed by atoms with Gasteiger partial charge in [-0.25, -0.2) is 13.2 Å². The van der Waals surface area contributed by atoms with Crippen LogP contribution in [0.3, 0.4) is 0 Å². The van der Waals surface area contributed by atoms with Gasteiger partial charge in [0.1, 0.15) is 5.00 Å². The highest BCUT2D eigenvalue weighted by Gasteiger charge is 2.23. The van der Waals surface area contributed by atoms with Gasteiger partial charge in [-0.15, -0.1) is 21.5 Å². The van der Waals surface area contributed by atoms with Crippen molar-refractivity contribution in [3.05, 3.63) is 35.3 Å². The number of sulfonamides is 1. The number of carbonyl (C=O) groups excluding carboxylic acids is 2. The van der Waals surface area contributed by atoms with Crippen molar-refractivity contribution in [1.29, 1.82) is 0 Å². The van der Waals surface area contributed by atoms with E-state index in [4.69, 9.17) is 4.74 Å². The number of fused-ring (bicyclic) bond motifs is 1. The van der Waals surface area contributed by atoms with Crippen molar-refractivity contribution < 1.29 is 22.7 Å². The van der Waals surface area contributed by atoms with Crippen LogP contribution in [0.15, 0.2) is 39.8 Å². The number of thiophene rings is 1. The summed E-state index contributed by atoms with van der Waals surface area (Å²) in [5.74, 6) is -0.845. The van der Waals surface area contributed by atoms with Crippen molar-refractivity contribution in [3.63, 3.8) is 0 Å². The Morgan fingerprint density at radius 2 is 1.94 bits per heavy atom. The number of pyridine rings is 1. The van der Waals surface area contributed by atoms with Crippen LogP contribution in [0.4, 0.5) is 5.00 Å². The molecule has 0 aromatic carbocycles. The van der Waals surface area contributed by atoms with Crippen molar-refractivity contribution in [2.24, 2.45) is 0 Å². The Hall–Kier alpha value is -2.48. The van der Waals surface area contributed by atoms with Gasteiger partial charge >= 0.3 is 5.97 Å². The highest BCUT2D eigenvalue weighted by atomic mass is 32.2. The Labute approximate surface area is 194 Å². The van der Waals surface area contributed by atoms with Crippen molar-refractivity contribution in [2.75, 3.05) is 30.8 Å². The predicted octanol–water partition coefficient (Wildman–Crippen LogP) is 2.73. The average Bonchev–Trinajstić information content (AvgIpc) is 3.39. The fourth-order valence-corrected chi connectivity index (χ4v) is 5.85. The summed E-state index contributed by atoms with van der Waals surface area (Å²) in [6.45, 7) is 6.22. The molecule has 0 radical (unpaired) electrons. The molecule has 1 amide bonds. The number of nitrogens with one attached hydrogen (secondary N) is 1. The molecule has 0 saturated carbocycles. The maximum absolute atomic E-state index is 12.8. The molecule has 3 heterocycles. The monoisotopic (exact) mass is 497 g/mol. The molecule has 0 fully saturated rings. The molecular weight excluding hydrogens is 474 g/mol. The van der Waals surface area contributed by atoms with Crippen molar-refractivity contribution in [2.45, 2.75) is 30.8 Å². The smallest absolute Gasteiger partial charge is 0.341 e. The largest absolute Gasteiger partial charge is 0.462 e. The molecule has 3 rings (SSSR count). The number of nitrogens with zero attached hydrogens (tertiary/aromatic N) is 4. The Morgan fingerprint density at radius 3 is 2.62 bits per heavy atom. The molecule has 32 heavy (non-hydrogen) atoms. The quantitative estimate of drug-likeness (QED) is 0.335. The second-order valence-electron chi connectivity index (χ2n) is 6.39. The van der Waals surface area contributed by atoms with Gasteiger partial charge in [0.25, 0.3) is 0 Å². The molecule has 13 heteroatoms. The lowest BCUT2D eigenvalue weighted by Gasteiger charge is -2.18. The molecule has 3 aromatic rings. The summed E-state index contributed by atoms with van der Waals surface area (Å²) in [6, 6.07) is 4.66. The van der Waals surface area contributed by atoms with Crippen LogP contribution in [0.5, 0.6) is 0 Å². The van der Waals surface area contributed by atoms with Gasteiger partial charge in [0.15, 0.2) is 10.8 Å². The minimum atomic E-state index is -3.64. The van der Waals surface area contributed by atoms with Gasteiger partial charge < -0.3 is 10.1 Å². The van der Waals surface area contributed by atoms with E-state index in [1.807, 2.05) is 0 Å². The van der Waals surface area contributed by atoms with Crippen LogP contribution in [0.25, 0.3) is 5.65 Å². The first kappa shape index (κ1) is 24.2. The van der Waals surface area contributed by atoms with Gasteiger partial charge in [0.2, 0.25) is 15.9 Å². The Morgan fingerprint density at radius 1 is 1.19 bits per heavy atom. The van der Waals surface area contributed by atoms with E-state index in [0.29, 0.717) is 34.5 Å². The highest BCUT2D eigenvalue weighted by Crippen LogP contribution is 2.25. The third kappa shape index (κ3) is 5.11. The number of carbonyl (C=O) groups is 2. The molecule has 1 N–H and O–H groups in total. The number of ether oxygens (including phenoxy) is 1. The van der Waals surface area contributed by atoms with Crippen molar-refractivity contribution >= 4 is 55.6 Å². The van der Waals surface area contributed by atoms with E-state index in [9.17, 15) is 18.0 Å². The van der Waals surface area contributed by atoms with Gasteiger partial charge in [-0.1, -0.05) is 25.6 Å². The number of aromatic nitrogens is 3. The molecule has 10 nitrogen and oxygen atoms in total. The van der Waals surface area contributed by atoms with Crippen molar-refractivity contribution in [3.8, 4) is 0 Å². The first-order chi connectivity index (χ1) is 15.3. The normalized spacial score (nSPS) is 11.8. The molecule has 3 aromatic heterocycles. The highest BCUT2D eigenvalue weighted by molar-refractivity contribution is 7.99. The lowest BCUT2D eigenvalue weighted by atomic mass is 10.3. The molecule has 0 saturated heterocycles. The second kappa shape index (κ2) is 10.4. The molecule has 0 atom stereocenters. The first-order valence-corrected chi connectivity index (χ1v) is 13.1. The summed E-state index contributed by atoms with van der Waals surface area (Å²) in [5, 5.41) is 13.3. The standard InChI is InChI=1S/C19H23N5O5S3/c1-4-23(5-2)32(27,28)13-7-8-15-21-22-19(24(15)11-13)31-12-16(25)20-17-14(9-10-30-17)18(26)29-6-3/h7-11H,4-6,12H2,1-3H3,(H,20,25). The summed E-state index contributed by atoms with van der Waals surface area (Å²) >= 11 is 2.33. The minimum absolute atomic E-state index is 0.00597. The summed E-state index contributed by atoms with van der Waals surface area (Å²) in [4.78, 5) is 24.5. The minimum Gasteiger partial charge on any atom is -0.462 e. The van der Waals surface area contributed by atoms with Gasteiger partial charge in [-0.2, -0.15) is 4.31 Å². The molecule has 172 valence electrons. The molecular formula is C19H23N5O5S3. The van der Waals surface area contributed by atoms with Crippen LogP contribution in [0, 0.1) is 0 Å². The molecule has 0 bridgehead atoms. The topological polar surface area (TPSA) is 123 Å². The van der Waals surface area contributed by atoms with E-state index in [2.05, 4.69) is 15.5 Å². The summed E-state index contributed by atoms with van der Waals surface area (Å²) < 4.78 is 33.5. The summed E-state index contributed by atoms with van der Waals surface area (Å²) in [7, 11) is -3.64. The van der Waals surface area contributed by atoms with Crippen LogP contribution in [0.1, 0.15) is 31.1 Å². The van der Waals surface area contributed by atoms with Crippen molar-refractivity contribution in [1.82, 2.24) is 18.9 Å². The number of hydrogen-bond donors (Lipinski definition) is 1. The number of anilines is 1. The summed E-state index contributed by atoms with van der Waals surface area (Å²) in [5.41, 5.74) is 0.767. The van der Waals surface area contributed by atoms with Crippen LogP contribution in [0.2, 0.25) is 0 Å². The first-order valence-electron chi connectivity index (χ1n) is 9.84. The predicted molar refractivity (Wildman–Crippen MR) is 123 cm³/mol. The molecule has 0 aliphatic heterocycles. The zero-order chi connectivity index (χ0) is 23.3. The Bertz CT molecular complexity index is 1220. The summed E-state index contributed by atoms with van der Waals surface area (Å²) in [6.07, 6.45) is 1.46. The molecule has 0 aliphatic rings. The number of hydrogen-bond acceptors (Lipinski definition) is 9. The van der Waals surface area contributed by atoms with Crippen LogP contribution in [-0.2, 0) is 19.6 Å². The maximum atomic E-state index is 12.8. The maximum Gasteiger partial charge on any atom is 0.341 e. The van der Waals surface area contributed by atoms with Crippen LogP contribution < -0.4 is 5.32 Å². The Balaban J connectivity index is 1.74. The SMILES string of the molecule is CCOC(=O)c1ccsc1NC(=O)CSc1nnc2ccc(S(=O)(=O)N(CC)CC)cn12. The van der Waals surface area contributed by atoms with E-state index in [1.165, 1.54) is 27.9 Å². The third-order valence-corrected chi connectivity index (χ3v) is 8.24. The van der Waals surface area contributed by atoms with Crippen LogP contribution in [-0.4, -0.2) is 64.6 Å². The number of amides is 1. The third-order valence-electron chi connectivity index (χ3n) is 4.43. The number of rotatable bonds is 10. The Kier molecular flexibility index (Phi) is 7.87. The number of esters is 1. The van der Waals surface area contributed by atoms with Gasteiger partial charge in [0, 0.05) is 19.3 Å². The van der Waals surface area contributed by atoms with Crippen LogP contribution >= 0.6 is 23.1 Å².